The maximum atomic E-state index is 14.3. The standard InChI is InChI=1S/C21H17FN4O/c1-27-14-15-8-2-3-9-16(15)17-10-4-5-11-18(17)21-23-24-25-26(21)20-13-7-6-12-19(20)22/h2-13H,14H2,1H3. The Bertz CT molecular complexity index is 1080. The monoisotopic (exact) mass is 360 g/mol. The van der Waals surface area contributed by atoms with Crippen molar-refractivity contribution in [1.29, 1.82) is 0 Å². The molecule has 0 aliphatic carbocycles. The molecule has 6 heteroatoms. The van der Waals surface area contributed by atoms with Crippen molar-refractivity contribution >= 4 is 0 Å². The number of tetrazole rings is 1. The van der Waals surface area contributed by atoms with E-state index < -0.39 is 0 Å². The number of ether oxygens (including phenoxy) is 1. The third kappa shape index (κ3) is 3.22. The van der Waals surface area contributed by atoms with Gasteiger partial charge in [0.15, 0.2) is 5.82 Å². The second kappa shape index (κ2) is 7.47. The summed E-state index contributed by atoms with van der Waals surface area (Å²) in [7, 11) is 1.67. The van der Waals surface area contributed by atoms with Gasteiger partial charge in [0.2, 0.25) is 0 Å². The summed E-state index contributed by atoms with van der Waals surface area (Å²) in [5, 5.41) is 12.0. The van der Waals surface area contributed by atoms with Crippen molar-refractivity contribution in [3.63, 3.8) is 0 Å². The first-order valence-electron chi connectivity index (χ1n) is 8.49. The molecule has 0 fully saturated rings. The van der Waals surface area contributed by atoms with E-state index in [1.165, 1.54) is 10.7 Å². The van der Waals surface area contributed by atoms with Gasteiger partial charge in [-0.2, -0.15) is 4.68 Å². The minimum atomic E-state index is -0.386. The summed E-state index contributed by atoms with van der Waals surface area (Å²) < 4.78 is 21.1. The predicted octanol–water partition coefficient (Wildman–Crippen LogP) is 4.28. The molecule has 0 bridgehead atoms. The Balaban J connectivity index is 1.90. The van der Waals surface area contributed by atoms with E-state index >= 15 is 0 Å². The van der Waals surface area contributed by atoms with Crippen molar-refractivity contribution in [2.24, 2.45) is 0 Å². The number of hydrogen-bond acceptors (Lipinski definition) is 4. The van der Waals surface area contributed by atoms with Crippen LogP contribution in [0.5, 0.6) is 0 Å². The minimum Gasteiger partial charge on any atom is -0.380 e. The van der Waals surface area contributed by atoms with Gasteiger partial charge in [-0.3, -0.25) is 0 Å². The van der Waals surface area contributed by atoms with Gasteiger partial charge in [0.05, 0.1) is 6.61 Å². The largest absolute Gasteiger partial charge is 0.380 e. The van der Waals surface area contributed by atoms with Crippen LogP contribution in [0.25, 0.3) is 28.2 Å². The molecule has 134 valence electrons. The minimum absolute atomic E-state index is 0.303. The Kier molecular flexibility index (Phi) is 4.72. The van der Waals surface area contributed by atoms with Crippen molar-refractivity contribution in [3.05, 3.63) is 84.2 Å². The average Bonchev–Trinajstić information content (AvgIpc) is 3.18. The summed E-state index contributed by atoms with van der Waals surface area (Å²) in [6, 6.07) is 22.2. The molecule has 0 atom stereocenters. The number of nitrogens with zero attached hydrogens (tertiary/aromatic N) is 4. The zero-order valence-electron chi connectivity index (χ0n) is 14.7. The van der Waals surface area contributed by atoms with Gasteiger partial charge in [-0.25, -0.2) is 4.39 Å². The predicted molar refractivity (Wildman–Crippen MR) is 101 cm³/mol. The highest BCUT2D eigenvalue weighted by Crippen LogP contribution is 2.34. The van der Waals surface area contributed by atoms with E-state index in [1.54, 1.807) is 25.3 Å². The summed E-state index contributed by atoms with van der Waals surface area (Å²) in [6.07, 6.45) is 0. The summed E-state index contributed by atoms with van der Waals surface area (Å²) in [4.78, 5) is 0. The quantitative estimate of drug-likeness (QED) is 0.533. The molecule has 1 aromatic heterocycles. The van der Waals surface area contributed by atoms with E-state index in [1.807, 2.05) is 48.5 Å². The second-order valence-corrected chi connectivity index (χ2v) is 6.00. The van der Waals surface area contributed by atoms with Crippen LogP contribution < -0.4 is 0 Å². The zero-order valence-corrected chi connectivity index (χ0v) is 14.7. The van der Waals surface area contributed by atoms with Crippen LogP contribution in [-0.4, -0.2) is 27.3 Å². The lowest BCUT2D eigenvalue weighted by molar-refractivity contribution is 0.185. The first-order chi connectivity index (χ1) is 13.3. The SMILES string of the molecule is COCc1ccccc1-c1ccccc1-c1nnnn1-c1ccccc1F. The average molecular weight is 360 g/mol. The zero-order chi connectivity index (χ0) is 18.6. The lowest BCUT2D eigenvalue weighted by Gasteiger charge is -2.13. The van der Waals surface area contributed by atoms with Crippen molar-refractivity contribution in [2.45, 2.75) is 6.61 Å². The lowest BCUT2D eigenvalue weighted by atomic mass is 9.95. The van der Waals surface area contributed by atoms with Gasteiger partial charge in [-0.15, -0.1) is 5.10 Å². The highest BCUT2D eigenvalue weighted by Gasteiger charge is 2.18. The second-order valence-electron chi connectivity index (χ2n) is 6.00. The molecule has 0 aliphatic heterocycles. The van der Waals surface area contributed by atoms with Gasteiger partial charge in [0, 0.05) is 12.7 Å². The van der Waals surface area contributed by atoms with Crippen LogP contribution in [0.15, 0.2) is 72.8 Å². The topological polar surface area (TPSA) is 52.8 Å². The van der Waals surface area contributed by atoms with Gasteiger partial charge in [-0.05, 0) is 39.2 Å². The van der Waals surface area contributed by atoms with E-state index in [0.29, 0.717) is 18.1 Å². The smallest absolute Gasteiger partial charge is 0.187 e. The first-order valence-corrected chi connectivity index (χ1v) is 8.49. The summed E-state index contributed by atoms with van der Waals surface area (Å²) in [5.41, 5.74) is 4.15. The molecule has 3 aromatic carbocycles. The fourth-order valence-corrected chi connectivity index (χ4v) is 3.12. The van der Waals surface area contributed by atoms with Crippen LogP contribution in [0, 0.1) is 5.82 Å². The van der Waals surface area contributed by atoms with Crippen LogP contribution in [0.4, 0.5) is 4.39 Å². The number of halogens is 1. The maximum absolute atomic E-state index is 14.3. The van der Waals surface area contributed by atoms with Crippen LogP contribution in [-0.2, 0) is 11.3 Å². The van der Waals surface area contributed by atoms with Crippen LogP contribution in [0.2, 0.25) is 0 Å². The van der Waals surface area contributed by atoms with Gasteiger partial charge < -0.3 is 4.74 Å². The maximum Gasteiger partial charge on any atom is 0.187 e. The molecule has 0 radical (unpaired) electrons. The summed E-state index contributed by atoms with van der Waals surface area (Å²) in [6.45, 7) is 0.489. The fourth-order valence-electron chi connectivity index (χ4n) is 3.12. The van der Waals surface area contributed by atoms with Crippen LogP contribution in [0.3, 0.4) is 0 Å². The third-order valence-corrected chi connectivity index (χ3v) is 4.33. The molecule has 0 N–H and O–H groups in total. The number of hydrogen-bond donors (Lipinski definition) is 0. The normalized spacial score (nSPS) is 10.9. The molecule has 0 unspecified atom stereocenters. The molecule has 5 nitrogen and oxygen atoms in total. The van der Waals surface area contributed by atoms with Crippen LogP contribution >= 0.6 is 0 Å². The summed E-state index contributed by atoms with van der Waals surface area (Å²) >= 11 is 0. The van der Waals surface area contributed by atoms with Crippen molar-refractivity contribution in [2.75, 3.05) is 7.11 Å². The molecule has 27 heavy (non-hydrogen) atoms. The molecular weight excluding hydrogens is 343 g/mol. The molecule has 4 rings (SSSR count). The Labute approximate surface area is 156 Å². The highest BCUT2D eigenvalue weighted by atomic mass is 19.1. The number of rotatable bonds is 5. The fraction of sp³-hybridized carbons (Fsp3) is 0.0952. The molecule has 1 heterocycles. The van der Waals surface area contributed by atoms with Crippen LogP contribution in [0.1, 0.15) is 5.56 Å². The Morgan fingerprint density at radius 2 is 1.52 bits per heavy atom. The van der Waals surface area contributed by atoms with Gasteiger partial charge in [0.1, 0.15) is 11.5 Å². The Morgan fingerprint density at radius 1 is 0.852 bits per heavy atom. The molecule has 0 saturated carbocycles. The lowest BCUT2D eigenvalue weighted by Crippen LogP contribution is -2.03. The number of methoxy groups -OCH3 is 1. The Hall–Kier alpha value is -3.38. The molecule has 0 amide bonds. The van der Waals surface area contributed by atoms with E-state index in [-0.39, 0.29) is 5.82 Å². The van der Waals surface area contributed by atoms with Crippen molar-refractivity contribution in [3.8, 4) is 28.2 Å². The Morgan fingerprint density at radius 3 is 2.30 bits per heavy atom. The summed E-state index contributed by atoms with van der Waals surface area (Å²) in [5.74, 6) is 0.0891. The third-order valence-electron chi connectivity index (χ3n) is 4.33. The van der Waals surface area contributed by atoms with Gasteiger partial charge in [0.25, 0.3) is 0 Å². The van der Waals surface area contributed by atoms with E-state index in [9.17, 15) is 4.39 Å². The van der Waals surface area contributed by atoms with E-state index in [4.69, 9.17) is 4.74 Å². The highest BCUT2D eigenvalue weighted by molar-refractivity contribution is 5.82. The molecule has 0 spiro atoms. The van der Waals surface area contributed by atoms with E-state index in [2.05, 4.69) is 15.5 Å². The van der Waals surface area contributed by atoms with E-state index in [0.717, 1.165) is 22.3 Å². The van der Waals surface area contributed by atoms with Crippen molar-refractivity contribution in [1.82, 2.24) is 20.2 Å². The van der Waals surface area contributed by atoms with Gasteiger partial charge in [-0.1, -0.05) is 60.7 Å². The number of aromatic nitrogens is 4. The molecule has 0 saturated heterocycles. The van der Waals surface area contributed by atoms with Gasteiger partial charge >= 0.3 is 0 Å². The number of para-hydroxylation sites is 1. The molecular formula is C21H17FN4O. The first kappa shape index (κ1) is 17.1. The van der Waals surface area contributed by atoms with Crippen molar-refractivity contribution < 1.29 is 9.13 Å². The molecule has 4 aromatic rings. The molecule has 0 aliphatic rings. The number of benzene rings is 3.